The fourth-order valence-electron chi connectivity index (χ4n) is 3.09. The van der Waals surface area contributed by atoms with Gasteiger partial charge in [0.25, 0.3) is 0 Å². The highest BCUT2D eigenvalue weighted by molar-refractivity contribution is 5.76. The van der Waals surface area contributed by atoms with Gasteiger partial charge in [-0.2, -0.15) is 5.10 Å². The number of hydrogen-bond acceptors (Lipinski definition) is 4. The minimum atomic E-state index is 0.0934. The largest absolute Gasteiger partial charge is 0.394 e. The van der Waals surface area contributed by atoms with Crippen molar-refractivity contribution in [2.75, 3.05) is 13.2 Å². The normalized spacial score (nSPS) is 15.4. The highest BCUT2D eigenvalue weighted by Gasteiger charge is 2.16. The van der Waals surface area contributed by atoms with Crippen molar-refractivity contribution in [3.8, 4) is 0 Å². The number of amides is 1. The lowest BCUT2D eigenvalue weighted by Crippen LogP contribution is -2.34. The first-order chi connectivity index (χ1) is 10.6. The summed E-state index contributed by atoms with van der Waals surface area (Å²) >= 11 is 0. The lowest BCUT2D eigenvalue weighted by molar-refractivity contribution is -0.121. The molecule has 3 N–H and O–H groups in total. The van der Waals surface area contributed by atoms with Gasteiger partial charge in [-0.05, 0) is 26.7 Å². The van der Waals surface area contributed by atoms with Gasteiger partial charge in [-0.15, -0.1) is 0 Å². The van der Waals surface area contributed by atoms with Crippen LogP contribution in [-0.2, 0) is 17.9 Å². The van der Waals surface area contributed by atoms with E-state index in [9.17, 15) is 4.79 Å². The second kappa shape index (κ2) is 8.29. The summed E-state index contributed by atoms with van der Waals surface area (Å²) in [5, 5.41) is 19.9. The number of nitrogens with zero attached hydrogens (tertiary/aromatic N) is 2. The molecule has 1 aliphatic carbocycles. The van der Waals surface area contributed by atoms with E-state index in [1.54, 1.807) is 0 Å². The van der Waals surface area contributed by atoms with Crippen LogP contribution in [0, 0.1) is 13.8 Å². The fraction of sp³-hybridized carbons (Fsp3) is 0.750. The molecule has 1 heterocycles. The summed E-state index contributed by atoms with van der Waals surface area (Å²) in [5.41, 5.74) is 3.22. The summed E-state index contributed by atoms with van der Waals surface area (Å²) in [6, 6.07) is 0.397. The van der Waals surface area contributed by atoms with E-state index in [1.165, 1.54) is 12.8 Å². The molecule has 6 nitrogen and oxygen atoms in total. The molecular formula is C16H28N4O2. The molecule has 6 heteroatoms. The molecule has 0 radical (unpaired) electrons. The summed E-state index contributed by atoms with van der Waals surface area (Å²) in [5.74, 6) is 0.142. The van der Waals surface area contributed by atoms with E-state index in [4.69, 9.17) is 5.11 Å². The molecule has 22 heavy (non-hydrogen) atoms. The van der Waals surface area contributed by atoms with Crippen molar-refractivity contribution in [1.29, 1.82) is 0 Å². The van der Waals surface area contributed by atoms with Crippen LogP contribution in [0.2, 0.25) is 0 Å². The number of carbonyl (C=O) groups excluding carboxylic acids is 1. The van der Waals surface area contributed by atoms with Crippen LogP contribution in [0.5, 0.6) is 0 Å². The minimum absolute atomic E-state index is 0.0934. The smallest absolute Gasteiger partial charge is 0.221 e. The topological polar surface area (TPSA) is 79.2 Å². The van der Waals surface area contributed by atoms with Crippen molar-refractivity contribution in [3.05, 3.63) is 17.0 Å². The van der Waals surface area contributed by atoms with Gasteiger partial charge in [0, 0.05) is 36.8 Å². The minimum Gasteiger partial charge on any atom is -0.394 e. The van der Waals surface area contributed by atoms with Gasteiger partial charge in [0.2, 0.25) is 5.91 Å². The third kappa shape index (κ3) is 4.55. The van der Waals surface area contributed by atoms with Crippen molar-refractivity contribution in [2.24, 2.45) is 0 Å². The lowest BCUT2D eigenvalue weighted by atomic mass is 10.2. The lowest BCUT2D eigenvalue weighted by Gasteiger charge is -2.12. The molecule has 1 fully saturated rings. The SMILES string of the molecule is Cc1nn(CCO)c(C)c1CNCCC(=O)NC1CCCC1. The molecule has 0 bridgehead atoms. The zero-order chi connectivity index (χ0) is 15.9. The maximum absolute atomic E-state index is 11.8. The Labute approximate surface area is 132 Å². The van der Waals surface area contributed by atoms with Crippen LogP contribution in [0.25, 0.3) is 0 Å². The van der Waals surface area contributed by atoms with Gasteiger partial charge >= 0.3 is 0 Å². The Kier molecular flexibility index (Phi) is 6.39. The van der Waals surface area contributed by atoms with Crippen LogP contribution >= 0.6 is 0 Å². The van der Waals surface area contributed by atoms with Crippen molar-refractivity contribution in [3.63, 3.8) is 0 Å². The van der Waals surface area contributed by atoms with Crippen LogP contribution in [0.1, 0.15) is 49.1 Å². The van der Waals surface area contributed by atoms with Crippen LogP contribution in [0.4, 0.5) is 0 Å². The number of hydrogen-bond donors (Lipinski definition) is 3. The summed E-state index contributed by atoms with van der Waals surface area (Å²) in [6.45, 7) is 5.99. The van der Waals surface area contributed by atoms with Gasteiger partial charge in [0.15, 0.2) is 0 Å². The van der Waals surface area contributed by atoms with Crippen molar-refractivity contribution >= 4 is 5.91 Å². The van der Waals surface area contributed by atoms with Gasteiger partial charge in [-0.1, -0.05) is 12.8 Å². The van der Waals surface area contributed by atoms with E-state index in [-0.39, 0.29) is 12.5 Å². The maximum Gasteiger partial charge on any atom is 0.221 e. The van der Waals surface area contributed by atoms with Gasteiger partial charge in [0.1, 0.15) is 0 Å². The number of aryl methyl sites for hydroxylation is 1. The van der Waals surface area contributed by atoms with Crippen LogP contribution in [-0.4, -0.2) is 40.0 Å². The van der Waals surface area contributed by atoms with Gasteiger partial charge in [-0.25, -0.2) is 0 Å². The molecule has 1 amide bonds. The highest BCUT2D eigenvalue weighted by Crippen LogP contribution is 2.17. The third-order valence-electron chi connectivity index (χ3n) is 4.39. The van der Waals surface area contributed by atoms with Crippen LogP contribution < -0.4 is 10.6 Å². The van der Waals surface area contributed by atoms with E-state index in [0.717, 1.165) is 29.8 Å². The van der Waals surface area contributed by atoms with Gasteiger partial charge < -0.3 is 15.7 Å². The second-order valence-electron chi connectivity index (χ2n) is 6.07. The number of rotatable bonds is 8. The Morgan fingerprint density at radius 1 is 1.36 bits per heavy atom. The Morgan fingerprint density at radius 3 is 2.77 bits per heavy atom. The molecule has 0 aromatic carbocycles. The number of aromatic nitrogens is 2. The van der Waals surface area contributed by atoms with Crippen molar-refractivity contribution < 1.29 is 9.90 Å². The molecular weight excluding hydrogens is 280 g/mol. The van der Waals surface area contributed by atoms with E-state index >= 15 is 0 Å². The Hall–Kier alpha value is -1.40. The molecule has 1 aliphatic rings. The second-order valence-corrected chi connectivity index (χ2v) is 6.07. The van der Waals surface area contributed by atoms with Gasteiger partial charge in [0.05, 0.1) is 18.8 Å². The maximum atomic E-state index is 11.8. The summed E-state index contributed by atoms with van der Waals surface area (Å²) in [4.78, 5) is 11.8. The fourth-order valence-corrected chi connectivity index (χ4v) is 3.09. The average molecular weight is 308 g/mol. The Morgan fingerprint density at radius 2 is 2.09 bits per heavy atom. The number of nitrogens with one attached hydrogen (secondary N) is 2. The first-order valence-electron chi connectivity index (χ1n) is 8.25. The number of aliphatic hydroxyl groups excluding tert-OH is 1. The number of carbonyl (C=O) groups is 1. The zero-order valence-electron chi connectivity index (χ0n) is 13.7. The van der Waals surface area contributed by atoms with E-state index < -0.39 is 0 Å². The standard InChI is InChI=1S/C16H28N4O2/c1-12-15(13(2)20(19-12)9-10-21)11-17-8-7-16(22)18-14-5-3-4-6-14/h14,17,21H,3-11H2,1-2H3,(H,18,22). The monoisotopic (exact) mass is 308 g/mol. The third-order valence-corrected chi connectivity index (χ3v) is 4.39. The molecule has 0 saturated heterocycles. The molecule has 0 unspecified atom stereocenters. The molecule has 0 spiro atoms. The highest BCUT2D eigenvalue weighted by atomic mass is 16.3. The molecule has 1 saturated carbocycles. The van der Waals surface area contributed by atoms with E-state index in [0.29, 0.717) is 32.1 Å². The van der Waals surface area contributed by atoms with Crippen LogP contribution in [0.15, 0.2) is 0 Å². The molecule has 1 aromatic rings. The number of aliphatic hydroxyl groups is 1. The molecule has 0 atom stereocenters. The first kappa shape index (κ1) is 17.0. The predicted molar refractivity (Wildman–Crippen MR) is 85.5 cm³/mol. The molecule has 0 aliphatic heterocycles. The van der Waals surface area contributed by atoms with Crippen LogP contribution in [0.3, 0.4) is 0 Å². The van der Waals surface area contributed by atoms with Crippen molar-refractivity contribution in [2.45, 2.75) is 65.1 Å². The predicted octanol–water partition coefficient (Wildman–Crippen LogP) is 1.03. The molecule has 1 aromatic heterocycles. The molecule has 2 rings (SSSR count). The first-order valence-corrected chi connectivity index (χ1v) is 8.25. The summed E-state index contributed by atoms with van der Waals surface area (Å²) in [6.07, 6.45) is 5.24. The van der Waals surface area contributed by atoms with Crippen molar-refractivity contribution in [1.82, 2.24) is 20.4 Å². The summed E-state index contributed by atoms with van der Waals surface area (Å²) < 4.78 is 1.83. The van der Waals surface area contributed by atoms with E-state index in [2.05, 4.69) is 15.7 Å². The quantitative estimate of drug-likeness (QED) is 0.627. The Balaban J connectivity index is 1.71. The molecule has 124 valence electrons. The zero-order valence-corrected chi connectivity index (χ0v) is 13.7. The summed E-state index contributed by atoms with van der Waals surface area (Å²) in [7, 11) is 0. The van der Waals surface area contributed by atoms with E-state index in [1.807, 2.05) is 18.5 Å². The average Bonchev–Trinajstić information content (AvgIpc) is 3.07. The van der Waals surface area contributed by atoms with Gasteiger partial charge in [-0.3, -0.25) is 9.48 Å². The Bertz CT molecular complexity index is 493.